The lowest BCUT2D eigenvalue weighted by Crippen LogP contribution is -2.40. The van der Waals surface area contributed by atoms with Crippen LogP contribution in [0.5, 0.6) is 0 Å². The molecule has 0 radical (unpaired) electrons. The van der Waals surface area contributed by atoms with Crippen molar-refractivity contribution in [1.29, 1.82) is 0 Å². The van der Waals surface area contributed by atoms with Gasteiger partial charge in [-0.25, -0.2) is 4.79 Å². The van der Waals surface area contributed by atoms with Crippen LogP contribution in [0.2, 0.25) is 5.02 Å². The molecule has 1 aromatic carbocycles. The maximum absolute atomic E-state index is 12.2. The number of benzene rings is 1. The Balaban J connectivity index is 2.14. The predicted molar refractivity (Wildman–Crippen MR) is 77.2 cm³/mol. The molecule has 1 aliphatic heterocycles. The van der Waals surface area contributed by atoms with Crippen LogP contribution in [-0.4, -0.2) is 31.4 Å². The lowest BCUT2D eigenvalue weighted by Gasteiger charge is -2.22. The number of halogens is 1. The molecule has 7 heteroatoms. The fraction of sp³-hybridized carbons (Fsp3) is 0.357. The molecule has 0 saturated carbocycles. The summed E-state index contributed by atoms with van der Waals surface area (Å²) in [6, 6.07) is 4.53. The molecule has 1 unspecified atom stereocenters. The number of piperidine rings is 1. The number of ether oxygens (including phenoxy) is 1. The van der Waals surface area contributed by atoms with Gasteiger partial charge < -0.3 is 15.4 Å². The van der Waals surface area contributed by atoms with Crippen LogP contribution in [0.1, 0.15) is 23.2 Å². The normalized spacial score (nSPS) is 17.8. The fourth-order valence-electron chi connectivity index (χ4n) is 2.10. The van der Waals surface area contributed by atoms with Gasteiger partial charge in [-0.15, -0.1) is 0 Å². The number of carbonyl (C=O) groups excluding carboxylic acids is 3. The standard InChI is InChI=1S/C14H15ClN2O4/c1-21-14(20)10-4-3-9(15)6-11(10)17-13(19)8-2-5-12(18)16-7-8/h3-4,6,8H,2,5,7H2,1H3,(H,16,18)(H,17,19). The molecule has 6 nitrogen and oxygen atoms in total. The van der Waals surface area contributed by atoms with Crippen LogP contribution in [0.15, 0.2) is 18.2 Å². The van der Waals surface area contributed by atoms with Gasteiger partial charge in [0, 0.05) is 18.0 Å². The van der Waals surface area contributed by atoms with Gasteiger partial charge in [-0.1, -0.05) is 11.6 Å². The summed E-state index contributed by atoms with van der Waals surface area (Å²) in [5, 5.41) is 5.71. The first-order chi connectivity index (χ1) is 10.0. The van der Waals surface area contributed by atoms with Crippen LogP contribution in [-0.2, 0) is 14.3 Å². The molecule has 1 heterocycles. The predicted octanol–water partition coefficient (Wildman–Crippen LogP) is 1.59. The molecule has 1 aliphatic rings. The average Bonchev–Trinajstić information content (AvgIpc) is 2.47. The Labute approximate surface area is 126 Å². The highest BCUT2D eigenvalue weighted by molar-refractivity contribution is 6.31. The van der Waals surface area contributed by atoms with Crippen molar-refractivity contribution in [3.05, 3.63) is 28.8 Å². The highest BCUT2D eigenvalue weighted by atomic mass is 35.5. The van der Waals surface area contributed by atoms with E-state index in [2.05, 4.69) is 15.4 Å². The average molecular weight is 311 g/mol. The van der Waals surface area contributed by atoms with E-state index < -0.39 is 5.97 Å². The van der Waals surface area contributed by atoms with E-state index in [0.717, 1.165) is 0 Å². The number of methoxy groups -OCH3 is 1. The molecular weight excluding hydrogens is 296 g/mol. The summed E-state index contributed by atoms with van der Waals surface area (Å²) < 4.78 is 4.67. The van der Waals surface area contributed by atoms with Gasteiger partial charge in [0.05, 0.1) is 24.3 Å². The van der Waals surface area contributed by atoms with Crippen molar-refractivity contribution in [1.82, 2.24) is 5.32 Å². The number of carbonyl (C=O) groups is 3. The first-order valence-corrected chi connectivity index (χ1v) is 6.84. The minimum atomic E-state index is -0.557. The molecular formula is C14H15ClN2O4. The molecule has 1 aromatic rings. The topological polar surface area (TPSA) is 84.5 Å². The maximum atomic E-state index is 12.2. The third-order valence-corrected chi connectivity index (χ3v) is 3.52. The fourth-order valence-corrected chi connectivity index (χ4v) is 2.27. The molecule has 0 bridgehead atoms. The summed E-state index contributed by atoms with van der Waals surface area (Å²) in [6.07, 6.45) is 0.795. The van der Waals surface area contributed by atoms with Crippen LogP contribution in [0, 0.1) is 5.92 Å². The zero-order valence-electron chi connectivity index (χ0n) is 11.4. The van der Waals surface area contributed by atoms with E-state index in [-0.39, 0.29) is 23.3 Å². The second-order valence-electron chi connectivity index (χ2n) is 4.71. The van der Waals surface area contributed by atoms with Crippen molar-refractivity contribution >= 4 is 35.1 Å². The molecule has 2 amide bonds. The zero-order chi connectivity index (χ0) is 15.4. The highest BCUT2D eigenvalue weighted by Crippen LogP contribution is 2.23. The Morgan fingerprint density at radius 1 is 1.43 bits per heavy atom. The molecule has 1 atom stereocenters. The molecule has 2 N–H and O–H groups in total. The highest BCUT2D eigenvalue weighted by Gasteiger charge is 2.25. The van der Waals surface area contributed by atoms with Gasteiger partial charge in [-0.05, 0) is 24.6 Å². The summed E-state index contributed by atoms with van der Waals surface area (Å²) in [5.41, 5.74) is 0.534. The third kappa shape index (κ3) is 3.72. The van der Waals surface area contributed by atoms with Gasteiger partial charge in [0.25, 0.3) is 0 Å². The quantitative estimate of drug-likeness (QED) is 0.830. The van der Waals surface area contributed by atoms with Crippen LogP contribution >= 0.6 is 11.6 Å². The van der Waals surface area contributed by atoms with Crippen molar-refractivity contribution in [2.45, 2.75) is 12.8 Å². The first-order valence-electron chi connectivity index (χ1n) is 6.46. The van der Waals surface area contributed by atoms with Crippen LogP contribution in [0.25, 0.3) is 0 Å². The minimum absolute atomic E-state index is 0.0583. The van der Waals surface area contributed by atoms with Crippen molar-refractivity contribution in [2.24, 2.45) is 5.92 Å². The van der Waals surface area contributed by atoms with Gasteiger partial charge in [-0.3, -0.25) is 9.59 Å². The first kappa shape index (κ1) is 15.3. The van der Waals surface area contributed by atoms with Gasteiger partial charge in [0.15, 0.2) is 0 Å². The van der Waals surface area contributed by atoms with Crippen molar-refractivity contribution in [2.75, 3.05) is 19.0 Å². The Morgan fingerprint density at radius 2 is 2.19 bits per heavy atom. The third-order valence-electron chi connectivity index (χ3n) is 3.28. The van der Waals surface area contributed by atoms with E-state index in [1.807, 2.05) is 0 Å². The van der Waals surface area contributed by atoms with Crippen molar-refractivity contribution in [3.8, 4) is 0 Å². The van der Waals surface area contributed by atoms with Crippen LogP contribution in [0.3, 0.4) is 0 Å². The van der Waals surface area contributed by atoms with E-state index in [9.17, 15) is 14.4 Å². The number of hydrogen-bond donors (Lipinski definition) is 2. The van der Waals surface area contributed by atoms with Gasteiger partial charge in [0.1, 0.15) is 0 Å². The number of anilines is 1. The SMILES string of the molecule is COC(=O)c1ccc(Cl)cc1NC(=O)C1CCC(=O)NC1. The van der Waals surface area contributed by atoms with E-state index in [1.165, 1.54) is 19.2 Å². The maximum Gasteiger partial charge on any atom is 0.339 e. The van der Waals surface area contributed by atoms with E-state index in [1.54, 1.807) is 6.07 Å². The van der Waals surface area contributed by atoms with Gasteiger partial charge in [0.2, 0.25) is 11.8 Å². The zero-order valence-corrected chi connectivity index (χ0v) is 12.2. The summed E-state index contributed by atoms with van der Waals surface area (Å²) >= 11 is 5.89. The van der Waals surface area contributed by atoms with Crippen molar-refractivity contribution in [3.63, 3.8) is 0 Å². The summed E-state index contributed by atoms with van der Waals surface area (Å²) in [7, 11) is 1.26. The Morgan fingerprint density at radius 3 is 2.81 bits per heavy atom. The second-order valence-corrected chi connectivity index (χ2v) is 5.15. The number of amides is 2. The van der Waals surface area contributed by atoms with Gasteiger partial charge >= 0.3 is 5.97 Å². The largest absolute Gasteiger partial charge is 0.465 e. The molecule has 0 spiro atoms. The number of nitrogens with one attached hydrogen (secondary N) is 2. The second kappa shape index (κ2) is 6.58. The molecule has 1 fully saturated rings. The Kier molecular flexibility index (Phi) is 4.80. The number of esters is 1. The van der Waals surface area contributed by atoms with Crippen LogP contribution < -0.4 is 10.6 Å². The summed E-state index contributed by atoms with van der Waals surface area (Å²) in [5.74, 6) is -1.20. The monoisotopic (exact) mass is 310 g/mol. The molecule has 0 aromatic heterocycles. The van der Waals surface area contributed by atoms with E-state index in [0.29, 0.717) is 30.1 Å². The van der Waals surface area contributed by atoms with Crippen LogP contribution in [0.4, 0.5) is 5.69 Å². The Bertz CT molecular complexity index is 578. The summed E-state index contributed by atoms with van der Waals surface area (Å²) in [6.45, 7) is 0.290. The lowest BCUT2D eigenvalue weighted by atomic mass is 9.98. The smallest absolute Gasteiger partial charge is 0.339 e. The molecule has 112 valence electrons. The van der Waals surface area contributed by atoms with E-state index in [4.69, 9.17) is 11.6 Å². The number of hydrogen-bond acceptors (Lipinski definition) is 4. The molecule has 0 aliphatic carbocycles. The Hall–Kier alpha value is -2.08. The molecule has 21 heavy (non-hydrogen) atoms. The molecule has 2 rings (SSSR count). The van der Waals surface area contributed by atoms with Gasteiger partial charge in [-0.2, -0.15) is 0 Å². The van der Waals surface area contributed by atoms with Crippen molar-refractivity contribution < 1.29 is 19.1 Å². The van der Waals surface area contributed by atoms with E-state index >= 15 is 0 Å². The molecule has 1 saturated heterocycles. The minimum Gasteiger partial charge on any atom is -0.465 e. The lowest BCUT2D eigenvalue weighted by molar-refractivity contribution is -0.126. The number of rotatable bonds is 3. The summed E-state index contributed by atoms with van der Waals surface area (Å²) in [4.78, 5) is 35.0.